The number of sulfonamides is 1. The molecular weight excluding hydrogens is 316 g/mol. The molecule has 0 heterocycles. The molecule has 1 amide bonds. The van der Waals surface area contributed by atoms with Crippen molar-refractivity contribution in [3.05, 3.63) is 24.3 Å². The van der Waals surface area contributed by atoms with Gasteiger partial charge in [-0.05, 0) is 24.5 Å². The highest BCUT2D eigenvalue weighted by Gasteiger charge is 2.18. The first-order valence-electron chi connectivity index (χ1n) is 7.62. The van der Waals surface area contributed by atoms with Gasteiger partial charge in [0.05, 0.1) is 19.1 Å². The SMILES string of the molecule is COc1ccccc1NC(=O)CCN(CCC(C)C)S(C)(=O)=O. The summed E-state index contributed by atoms with van der Waals surface area (Å²) < 4.78 is 30.1. The summed E-state index contributed by atoms with van der Waals surface area (Å²) >= 11 is 0. The summed E-state index contributed by atoms with van der Waals surface area (Å²) in [6, 6.07) is 7.10. The van der Waals surface area contributed by atoms with Crippen LogP contribution in [0.3, 0.4) is 0 Å². The molecule has 0 saturated heterocycles. The lowest BCUT2D eigenvalue weighted by molar-refractivity contribution is -0.116. The summed E-state index contributed by atoms with van der Waals surface area (Å²) in [6.07, 6.45) is 2.04. The van der Waals surface area contributed by atoms with Crippen molar-refractivity contribution in [3.8, 4) is 5.75 Å². The quantitative estimate of drug-likeness (QED) is 0.747. The van der Waals surface area contributed by atoms with Gasteiger partial charge in [0.25, 0.3) is 0 Å². The topological polar surface area (TPSA) is 75.7 Å². The average Bonchev–Trinajstić information content (AvgIpc) is 2.46. The third-order valence-corrected chi connectivity index (χ3v) is 4.70. The van der Waals surface area contributed by atoms with Crippen molar-refractivity contribution in [2.75, 3.05) is 31.8 Å². The molecule has 1 aromatic carbocycles. The molecule has 130 valence electrons. The first kappa shape index (κ1) is 19.4. The molecular formula is C16H26N2O4S. The summed E-state index contributed by atoms with van der Waals surface area (Å²) in [4.78, 5) is 12.1. The fraction of sp³-hybridized carbons (Fsp3) is 0.562. The van der Waals surface area contributed by atoms with E-state index in [4.69, 9.17) is 4.74 Å². The van der Waals surface area contributed by atoms with Crippen LogP contribution in [-0.2, 0) is 14.8 Å². The summed E-state index contributed by atoms with van der Waals surface area (Å²) in [5.41, 5.74) is 0.577. The number of rotatable bonds is 9. The van der Waals surface area contributed by atoms with Crippen LogP contribution in [0.2, 0.25) is 0 Å². The Kier molecular flexibility index (Phi) is 7.51. The molecule has 0 aliphatic rings. The second kappa shape index (κ2) is 8.88. The van der Waals surface area contributed by atoms with Crippen LogP contribution < -0.4 is 10.1 Å². The lowest BCUT2D eigenvalue weighted by atomic mass is 10.1. The molecule has 7 heteroatoms. The fourth-order valence-corrected chi connectivity index (χ4v) is 2.89. The zero-order valence-electron chi connectivity index (χ0n) is 14.2. The first-order valence-corrected chi connectivity index (χ1v) is 9.47. The number of nitrogens with one attached hydrogen (secondary N) is 1. The maximum absolute atomic E-state index is 12.1. The molecule has 0 bridgehead atoms. The smallest absolute Gasteiger partial charge is 0.225 e. The van der Waals surface area contributed by atoms with Crippen LogP contribution in [0.5, 0.6) is 5.75 Å². The van der Waals surface area contributed by atoms with Gasteiger partial charge in [0.2, 0.25) is 15.9 Å². The Labute approximate surface area is 138 Å². The van der Waals surface area contributed by atoms with E-state index in [1.807, 2.05) is 19.9 Å². The average molecular weight is 342 g/mol. The number of hydrogen-bond acceptors (Lipinski definition) is 4. The summed E-state index contributed by atoms with van der Waals surface area (Å²) in [5.74, 6) is 0.731. The van der Waals surface area contributed by atoms with Crippen molar-refractivity contribution in [2.45, 2.75) is 26.7 Å². The summed E-state index contributed by atoms with van der Waals surface area (Å²) in [5, 5.41) is 2.75. The number of methoxy groups -OCH3 is 1. The summed E-state index contributed by atoms with van der Waals surface area (Å²) in [7, 11) is -1.78. The number of hydrogen-bond donors (Lipinski definition) is 1. The predicted octanol–water partition coefficient (Wildman–Crippen LogP) is 2.33. The maximum atomic E-state index is 12.1. The minimum absolute atomic E-state index is 0.100. The van der Waals surface area contributed by atoms with Gasteiger partial charge < -0.3 is 10.1 Å². The molecule has 1 rings (SSSR count). The second-order valence-electron chi connectivity index (χ2n) is 5.84. The highest BCUT2D eigenvalue weighted by molar-refractivity contribution is 7.88. The lowest BCUT2D eigenvalue weighted by Crippen LogP contribution is -2.34. The number of carbonyl (C=O) groups is 1. The first-order chi connectivity index (χ1) is 10.7. The van der Waals surface area contributed by atoms with Crippen LogP contribution in [0.25, 0.3) is 0 Å². The molecule has 6 nitrogen and oxygen atoms in total. The van der Waals surface area contributed by atoms with Crippen LogP contribution in [0.15, 0.2) is 24.3 Å². The number of para-hydroxylation sites is 2. The molecule has 0 radical (unpaired) electrons. The molecule has 0 saturated carbocycles. The molecule has 0 fully saturated rings. The van der Waals surface area contributed by atoms with Crippen LogP contribution in [0, 0.1) is 5.92 Å². The fourth-order valence-electron chi connectivity index (χ4n) is 2.03. The van der Waals surface area contributed by atoms with E-state index >= 15 is 0 Å². The van der Waals surface area contributed by atoms with E-state index in [0.717, 1.165) is 6.42 Å². The van der Waals surface area contributed by atoms with Crippen molar-refractivity contribution in [1.82, 2.24) is 4.31 Å². The van der Waals surface area contributed by atoms with Gasteiger partial charge in [-0.3, -0.25) is 4.79 Å². The van der Waals surface area contributed by atoms with Crippen molar-refractivity contribution in [3.63, 3.8) is 0 Å². The molecule has 1 N–H and O–H groups in total. The number of benzene rings is 1. The molecule has 0 aliphatic heterocycles. The Bertz CT molecular complexity index is 614. The van der Waals surface area contributed by atoms with Gasteiger partial charge >= 0.3 is 0 Å². The van der Waals surface area contributed by atoms with E-state index in [1.54, 1.807) is 18.2 Å². The Morgan fingerprint density at radius 2 is 1.91 bits per heavy atom. The number of ether oxygens (including phenoxy) is 1. The zero-order valence-corrected chi connectivity index (χ0v) is 15.0. The molecule has 23 heavy (non-hydrogen) atoms. The Morgan fingerprint density at radius 3 is 2.48 bits per heavy atom. The molecule has 0 unspecified atom stereocenters. The second-order valence-corrected chi connectivity index (χ2v) is 7.83. The standard InChI is InChI=1S/C16H26N2O4S/c1-13(2)9-11-18(23(4,20)21)12-10-16(19)17-14-7-5-6-8-15(14)22-3/h5-8,13H,9-12H2,1-4H3,(H,17,19). The van der Waals surface area contributed by atoms with Gasteiger partial charge in [0.1, 0.15) is 5.75 Å². The van der Waals surface area contributed by atoms with Gasteiger partial charge in [-0.2, -0.15) is 0 Å². The van der Waals surface area contributed by atoms with E-state index in [1.165, 1.54) is 17.7 Å². The van der Waals surface area contributed by atoms with E-state index in [2.05, 4.69) is 5.32 Å². The van der Waals surface area contributed by atoms with E-state index in [9.17, 15) is 13.2 Å². The van der Waals surface area contributed by atoms with E-state index < -0.39 is 10.0 Å². The molecule has 0 atom stereocenters. The third-order valence-electron chi connectivity index (χ3n) is 3.39. The van der Waals surface area contributed by atoms with E-state index in [-0.39, 0.29) is 18.9 Å². The molecule has 1 aromatic rings. The van der Waals surface area contributed by atoms with Crippen molar-refractivity contribution in [1.29, 1.82) is 0 Å². The van der Waals surface area contributed by atoms with Crippen molar-refractivity contribution in [2.24, 2.45) is 5.92 Å². The number of amides is 1. The highest BCUT2D eigenvalue weighted by Crippen LogP contribution is 2.23. The minimum atomic E-state index is -3.31. The Hall–Kier alpha value is -1.60. The van der Waals surface area contributed by atoms with Crippen LogP contribution >= 0.6 is 0 Å². The normalized spacial score (nSPS) is 11.7. The number of nitrogens with zero attached hydrogens (tertiary/aromatic N) is 1. The number of anilines is 1. The maximum Gasteiger partial charge on any atom is 0.225 e. The van der Waals surface area contributed by atoms with Gasteiger partial charge in [-0.15, -0.1) is 0 Å². The summed E-state index contributed by atoms with van der Waals surface area (Å²) in [6.45, 7) is 4.68. The molecule has 0 aromatic heterocycles. The van der Waals surface area contributed by atoms with Crippen molar-refractivity contribution >= 4 is 21.6 Å². The zero-order chi connectivity index (χ0) is 17.5. The Balaban J connectivity index is 2.61. The van der Waals surface area contributed by atoms with Gasteiger partial charge in [-0.25, -0.2) is 12.7 Å². The van der Waals surface area contributed by atoms with Crippen LogP contribution in [0.4, 0.5) is 5.69 Å². The minimum Gasteiger partial charge on any atom is -0.495 e. The molecule has 0 aliphatic carbocycles. The predicted molar refractivity (Wildman–Crippen MR) is 92.1 cm³/mol. The highest BCUT2D eigenvalue weighted by atomic mass is 32.2. The van der Waals surface area contributed by atoms with Crippen LogP contribution in [-0.4, -0.2) is 45.1 Å². The van der Waals surface area contributed by atoms with Gasteiger partial charge in [-0.1, -0.05) is 26.0 Å². The monoisotopic (exact) mass is 342 g/mol. The van der Waals surface area contributed by atoms with Crippen LogP contribution in [0.1, 0.15) is 26.7 Å². The number of carbonyl (C=O) groups excluding carboxylic acids is 1. The van der Waals surface area contributed by atoms with Gasteiger partial charge in [0.15, 0.2) is 0 Å². The molecule has 0 spiro atoms. The third kappa shape index (κ3) is 7.00. The Morgan fingerprint density at radius 1 is 1.26 bits per heavy atom. The lowest BCUT2D eigenvalue weighted by Gasteiger charge is -2.20. The van der Waals surface area contributed by atoms with E-state index in [0.29, 0.717) is 23.9 Å². The largest absolute Gasteiger partial charge is 0.495 e. The van der Waals surface area contributed by atoms with Gasteiger partial charge in [0, 0.05) is 19.5 Å². The van der Waals surface area contributed by atoms with Crippen molar-refractivity contribution < 1.29 is 17.9 Å².